The number of hydrogen-bond acceptors (Lipinski definition) is 4. The van der Waals surface area contributed by atoms with Crippen LogP contribution in [0.5, 0.6) is 11.5 Å². The Bertz CT molecular complexity index is 779. The second-order valence-electron chi connectivity index (χ2n) is 6.67. The predicted octanol–water partition coefficient (Wildman–Crippen LogP) is 4.45. The molecule has 5 heteroatoms. The second-order valence-corrected chi connectivity index (χ2v) is 6.67. The van der Waals surface area contributed by atoms with Crippen molar-refractivity contribution in [3.63, 3.8) is 0 Å². The largest absolute Gasteiger partial charge is 0.491 e. The minimum Gasteiger partial charge on any atom is -0.491 e. The molecule has 1 amide bonds. The number of nitrogens with one attached hydrogen (secondary N) is 1. The molecule has 0 aliphatic carbocycles. The highest BCUT2D eigenvalue weighted by Gasteiger charge is 2.16. The van der Waals surface area contributed by atoms with Crippen molar-refractivity contribution >= 4 is 11.6 Å². The molecule has 5 nitrogen and oxygen atoms in total. The third-order valence-corrected chi connectivity index (χ3v) is 4.18. The lowest BCUT2D eigenvalue weighted by atomic mass is 10.1. The van der Waals surface area contributed by atoms with Crippen LogP contribution in [-0.4, -0.2) is 31.8 Å². The molecule has 1 saturated heterocycles. The maximum Gasteiger partial charge on any atom is 0.259 e. The van der Waals surface area contributed by atoms with Crippen LogP contribution in [0.4, 0.5) is 5.69 Å². The summed E-state index contributed by atoms with van der Waals surface area (Å²) in [4.78, 5) is 12.6. The van der Waals surface area contributed by atoms with E-state index in [1.54, 1.807) is 12.1 Å². The van der Waals surface area contributed by atoms with Crippen molar-refractivity contribution in [2.45, 2.75) is 25.9 Å². The Morgan fingerprint density at radius 1 is 1.19 bits per heavy atom. The number of carbonyl (C=O) groups is 1. The van der Waals surface area contributed by atoms with E-state index in [2.05, 4.69) is 11.9 Å². The summed E-state index contributed by atoms with van der Waals surface area (Å²) in [7, 11) is 0. The molecule has 2 aromatic rings. The lowest BCUT2D eigenvalue weighted by Crippen LogP contribution is -2.16. The topological polar surface area (TPSA) is 56.8 Å². The number of hydrogen-bond donors (Lipinski definition) is 1. The summed E-state index contributed by atoms with van der Waals surface area (Å²) >= 11 is 0. The molecule has 1 aliphatic rings. The molecule has 0 saturated carbocycles. The minimum atomic E-state index is -0.222. The maximum atomic E-state index is 12.6. The first-order valence-electron chi connectivity index (χ1n) is 9.14. The molecule has 1 unspecified atom stereocenters. The van der Waals surface area contributed by atoms with Crippen molar-refractivity contribution in [3.8, 4) is 11.5 Å². The van der Waals surface area contributed by atoms with Crippen LogP contribution in [0.3, 0.4) is 0 Å². The van der Waals surface area contributed by atoms with Crippen LogP contribution in [-0.2, 0) is 4.74 Å². The summed E-state index contributed by atoms with van der Waals surface area (Å²) in [5.74, 6) is 1.07. The fraction of sp³-hybridized carbons (Fsp3) is 0.318. The van der Waals surface area contributed by atoms with Crippen molar-refractivity contribution < 1.29 is 19.0 Å². The standard InChI is InChI=1S/C22H25NO4/c1-16(2)14-27-21-8-4-3-7-20(21)22(24)23-17-9-11-18(12-10-17)26-15-19-6-5-13-25-19/h3-4,7-12,19H,1,5-6,13-15H2,2H3,(H,23,24). The van der Waals surface area contributed by atoms with E-state index in [0.29, 0.717) is 30.2 Å². The van der Waals surface area contributed by atoms with E-state index in [9.17, 15) is 4.79 Å². The van der Waals surface area contributed by atoms with E-state index in [1.165, 1.54) is 0 Å². The molecule has 142 valence electrons. The van der Waals surface area contributed by atoms with Gasteiger partial charge in [0.05, 0.1) is 11.7 Å². The molecule has 1 aliphatic heterocycles. The number of ether oxygens (including phenoxy) is 3. The van der Waals surface area contributed by atoms with Gasteiger partial charge >= 0.3 is 0 Å². The fourth-order valence-corrected chi connectivity index (χ4v) is 2.78. The molecule has 1 heterocycles. The Kier molecular flexibility index (Phi) is 6.49. The normalized spacial score (nSPS) is 16.0. The first kappa shape index (κ1) is 19.0. The van der Waals surface area contributed by atoms with Gasteiger partial charge in [0.2, 0.25) is 0 Å². The lowest BCUT2D eigenvalue weighted by Gasteiger charge is -2.13. The molecule has 27 heavy (non-hydrogen) atoms. The highest BCUT2D eigenvalue weighted by Crippen LogP contribution is 2.22. The molecule has 1 fully saturated rings. The van der Waals surface area contributed by atoms with Crippen LogP contribution >= 0.6 is 0 Å². The van der Waals surface area contributed by atoms with Gasteiger partial charge in [-0.05, 0) is 61.7 Å². The number of rotatable bonds is 8. The van der Waals surface area contributed by atoms with Crippen molar-refractivity contribution in [3.05, 3.63) is 66.2 Å². The average molecular weight is 367 g/mol. The summed E-state index contributed by atoms with van der Waals surface area (Å²) in [5.41, 5.74) is 2.07. The molecule has 1 N–H and O–H groups in total. The summed E-state index contributed by atoms with van der Waals surface area (Å²) in [6.45, 7) is 7.44. The first-order chi connectivity index (χ1) is 13.1. The quantitative estimate of drug-likeness (QED) is 0.700. The molecular formula is C22H25NO4. The Labute approximate surface area is 159 Å². The van der Waals surface area contributed by atoms with Gasteiger partial charge in [0.15, 0.2) is 0 Å². The van der Waals surface area contributed by atoms with Crippen molar-refractivity contribution in [1.29, 1.82) is 0 Å². The third kappa shape index (κ3) is 5.59. The van der Waals surface area contributed by atoms with Gasteiger partial charge in [-0.3, -0.25) is 4.79 Å². The minimum absolute atomic E-state index is 0.181. The smallest absolute Gasteiger partial charge is 0.259 e. The zero-order valence-corrected chi connectivity index (χ0v) is 15.6. The Morgan fingerprint density at radius 3 is 2.67 bits per heavy atom. The third-order valence-electron chi connectivity index (χ3n) is 4.18. The summed E-state index contributed by atoms with van der Waals surface area (Å²) in [6.07, 6.45) is 2.32. The number of carbonyl (C=O) groups excluding carboxylic acids is 1. The second kappa shape index (κ2) is 9.24. The van der Waals surface area contributed by atoms with Gasteiger partial charge in [0.1, 0.15) is 24.7 Å². The fourth-order valence-electron chi connectivity index (χ4n) is 2.78. The Morgan fingerprint density at radius 2 is 1.96 bits per heavy atom. The molecule has 2 aromatic carbocycles. The highest BCUT2D eigenvalue weighted by atomic mass is 16.5. The number of anilines is 1. The maximum absolute atomic E-state index is 12.6. The number of amides is 1. The molecule has 0 radical (unpaired) electrons. The zero-order valence-electron chi connectivity index (χ0n) is 15.6. The summed E-state index contributed by atoms with van der Waals surface area (Å²) in [5, 5.41) is 2.89. The van der Waals surface area contributed by atoms with Gasteiger partial charge in [0.25, 0.3) is 5.91 Å². The Hall–Kier alpha value is -2.79. The van der Waals surface area contributed by atoms with Gasteiger partial charge in [-0.15, -0.1) is 0 Å². The van der Waals surface area contributed by atoms with Crippen LogP contribution in [0.25, 0.3) is 0 Å². The van der Waals surface area contributed by atoms with Gasteiger partial charge in [-0.2, -0.15) is 0 Å². The SMILES string of the molecule is C=C(C)COc1ccccc1C(=O)Nc1ccc(OCC2CCCO2)cc1. The number of benzene rings is 2. The van der Waals surface area contributed by atoms with Crippen molar-refractivity contribution in [2.75, 3.05) is 25.1 Å². The van der Waals surface area contributed by atoms with Gasteiger partial charge in [-0.1, -0.05) is 18.7 Å². The van der Waals surface area contributed by atoms with Crippen LogP contribution in [0.2, 0.25) is 0 Å². The van der Waals surface area contributed by atoms with E-state index >= 15 is 0 Å². The van der Waals surface area contributed by atoms with E-state index in [0.717, 1.165) is 30.8 Å². The molecular weight excluding hydrogens is 342 g/mol. The van der Waals surface area contributed by atoms with Crippen molar-refractivity contribution in [1.82, 2.24) is 0 Å². The van der Waals surface area contributed by atoms with Gasteiger partial charge in [-0.25, -0.2) is 0 Å². The zero-order chi connectivity index (χ0) is 19.1. The first-order valence-corrected chi connectivity index (χ1v) is 9.14. The Balaban J connectivity index is 1.58. The van der Waals surface area contributed by atoms with Gasteiger partial charge in [0, 0.05) is 12.3 Å². The highest BCUT2D eigenvalue weighted by molar-refractivity contribution is 6.06. The van der Waals surface area contributed by atoms with Crippen LogP contribution < -0.4 is 14.8 Å². The van der Waals surface area contributed by atoms with E-state index in [4.69, 9.17) is 14.2 Å². The van der Waals surface area contributed by atoms with Crippen LogP contribution in [0, 0.1) is 0 Å². The average Bonchev–Trinajstić information content (AvgIpc) is 3.19. The molecule has 1 atom stereocenters. The van der Waals surface area contributed by atoms with Crippen LogP contribution in [0.15, 0.2) is 60.7 Å². The molecule has 0 bridgehead atoms. The van der Waals surface area contributed by atoms with Gasteiger partial charge < -0.3 is 19.5 Å². The van der Waals surface area contributed by atoms with Crippen LogP contribution in [0.1, 0.15) is 30.1 Å². The molecule has 0 spiro atoms. The summed E-state index contributed by atoms with van der Waals surface area (Å²) < 4.78 is 17.0. The van der Waals surface area contributed by atoms with E-state index in [-0.39, 0.29) is 12.0 Å². The van der Waals surface area contributed by atoms with Crippen molar-refractivity contribution in [2.24, 2.45) is 0 Å². The monoisotopic (exact) mass is 367 g/mol. The molecule has 0 aromatic heterocycles. The predicted molar refractivity (Wildman–Crippen MR) is 106 cm³/mol. The van der Waals surface area contributed by atoms with E-state index in [1.807, 2.05) is 43.3 Å². The summed E-state index contributed by atoms with van der Waals surface area (Å²) in [6, 6.07) is 14.5. The van der Waals surface area contributed by atoms with E-state index < -0.39 is 0 Å². The lowest BCUT2D eigenvalue weighted by molar-refractivity contribution is 0.0679. The molecule has 3 rings (SSSR count). The number of para-hydroxylation sites is 1.